The highest BCUT2D eigenvalue weighted by molar-refractivity contribution is 7.99. The van der Waals surface area contributed by atoms with Crippen LogP contribution in [0.3, 0.4) is 0 Å². The van der Waals surface area contributed by atoms with Gasteiger partial charge >= 0.3 is 5.97 Å². The molecule has 0 bridgehead atoms. The van der Waals surface area contributed by atoms with Crippen LogP contribution in [0.25, 0.3) is 0 Å². The Labute approximate surface area is 124 Å². The molecule has 1 rings (SSSR count). The molecular formula is C14H25NO4S. The summed E-state index contributed by atoms with van der Waals surface area (Å²) in [5.41, 5.74) is -0.844. The smallest absolute Gasteiger partial charge is 0.311 e. The lowest BCUT2D eigenvalue weighted by molar-refractivity contribution is -0.154. The summed E-state index contributed by atoms with van der Waals surface area (Å²) in [6.07, 6.45) is 3.74. The highest BCUT2D eigenvalue weighted by atomic mass is 32.2. The van der Waals surface area contributed by atoms with Gasteiger partial charge < -0.3 is 15.2 Å². The van der Waals surface area contributed by atoms with Crippen LogP contribution in [0, 0.1) is 5.41 Å². The zero-order chi connectivity index (χ0) is 14.8. The van der Waals surface area contributed by atoms with Gasteiger partial charge in [-0.1, -0.05) is 13.3 Å². The summed E-state index contributed by atoms with van der Waals surface area (Å²) in [5, 5.41) is 12.1. The maximum absolute atomic E-state index is 11.7. The third-order valence-corrected chi connectivity index (χ3v) is 4.71. The SMILES string of the molecule is CCCCSCCC(=O)NCC1(C(=O)O)CCOCC1. The molecule has 0 aliphatic carbocycles. The lowest BCUT2D eigenvalue weighted by Crippen LogP contribution is -2.46. The molecule has 0 radical (unpaired) electrons. The highest BCUT2D eigenvalue weighted by Crippen LogP contribution is 2.30. The van der Waals surface area contributed by atoms with Crippen molar-refractivity contribution >= 4 is 23.6 Å². The van der Waals surface area contributed by atoms with E-state index in [1.807, 2.05) is 0 Å². The first-order valence-corrected chi connectivity index (χ1v) is 8.42. The molecule has 0 aromatic rings. The van der Waals surface area contributed by atoms with Gasteiger partial charge in [-0.2, -0.15) is 11.8 Å². The number of ether oxygens (including phenoxy) is 1. The Morgan fingerprint density at radius 3 is 2.60 bits per heavy atom. The fourth-order valence-corrected chi connectivity index (χ4v) is 3.12. The van der Waals surface area contributed by atoms with Gasteiger partial charge in [-0.15, -0.1) is 0 Å². The van der Waals surface area contributed by atoms with Crippen molar-refractivity contribution in [3.05, 3.63) is 0 Å². The number of hydrogen-bond acceptors (Lipinski definition) is 4. The molecule has 5 nitrogen and oxygen atoms in total. The number of amides is 1. The number of carbonyl (C=O) groups is 2. The van der Waals surface area contributed by atoms with Gasteiger partial charge in [0, 0.05) is 31.9 Å². The number of nitrogens with one attached hydrogen (secondary N) is 1. The van der Waals surface area contributed by atoms with E-state index in [9.17, 15) is 14.7 Å². The molecule has 0 unspecified atom stereocenters. The van der Waals surface area contributed by atoms with E-state index >= 15 is 0 Å². The van der Waals surface area contributed by atoms with E-state index in [1.165, 1.54) is 12.8 Å². The number of carboxylic acids is 1. The van der Waals surface area contributed by atoms with E-state index in [0.717, 1.165) is 11.5 Å². The van der Waals surface area contributed by atoms with Crippen LogP contribution in [0.4, 0.5) is 0 Å². The van der Waals surface area contributed by atoms with Gasteiger partial charge in [0.2, 0.25) is 5.91 Å². The molecule has 20 heavy (non-hydrogen) atoms. The third kappa shape index (κ3) is 5.71. The average molecular weight is 303 g/mol. The van der Waals surface area contributed by atoms with Crippen LogP contribution in [-0.4, -0.2) is 48.2 Å². The number of rotatable bonds is 9. The Morgan fingerprint density at radius 1 is 1.30 bits per heavy atom. The van der Waals surface area contributed by atoms with Crippen molar-refractivity contribution in [2.45, 2.75) is 39.0 Å². The van der Waals surface area contributed by atoms with Crippen molar-refractivity contribution in [2.24, 2.45) is 5.41 Å². The van der Waals surface area contributed by atoms with E-state index in [2.05, 4.69) is 12.2 Å². The summed E-state index contributed by atoms with van der Waals surface area (Å²) in [7, 11) is 0. The molecule has 6 heteroatoms. The van der Waals surface area contributed by atoms with Gasteiger partial charge in [-0.05, 0) is 25.0 Å². The summed E-state index contributed by atoms with van der Waals surface area (Å²) < 4.78 is 5.20. The largest absolute Gasteiger partial charge is 0.481 e. The van der Waals surface area contributed by atoms with Crippen LogP contribution in [0.5, 0.6) is 0 Å². The Balaban J connectivity index is 2.25. The van der Waals surface area contributed by atoms with Crippen LogP contribution in [-0.2, 0) is 14.3 Å². The van der Waals surface area contributed by atoms with E-state index in [-0.39, 0.29) is 12.5 Å². The minimum Gasteiger partial charge on any atom is -0.481 e. The van der Waals surface area contributed by atoms with Crippen molar-refractivity contribution in [3.8, 4) is 0 Å². The van der Waals surface area contributed by atoms with Crippen LogP contribution >= 0.6 is 11.8 Å². The second kappa shape index (κ2) is 9.23. The van der Waals surface area contributed by atoms with Crippen LogP contribution in [0.15, 0.2) is 0 Å². The first-order chi connectivity index (χ1) is 9.60. The maximum Gasteiger partial charge on any atom is 0.311 e. The zero-order valence-corrected chi connectivity index (χ0v) is 13.0. The van der Waals surface area contributed by atoms with Gasteiger partial charge in [0.25, 0.3) is 0 Å². The van der Waals surface area contributed by atoms with E-state index in [4.69, 9.17) is 4.74 Å². The molecule has 0 aromatic heterocycles. The minimum atomic E-state index is -0.844. The Bertz CT molecular complexity index is 316. The number of thioether (sulfide) groups is 1. The summed E-state index contributed by atoms with van der Waals surface area (Å²) >= 11 is 1.78. The summed E-state index contributed by atoms with van der Waals surface area (Å²) in [6.45, 7) is 3.26. The molecule has 2 N–H and O–H groups in total. The molecule has 116 valence electrons. The lowest BCUT2D eigenvalue weighted by atomic mass is 9.80. The van der Waals surface area contributed by atoms with Gasteiger partial charge in [-0.25, -0.2) is 0 Å². The predicted molar refractivity (Wildman–Crippen MR) is 80.0 cm³/mol. The van der Waals surface area contributed by atoms with Crippen molar-refractivity contribution in [1.82, 2.24) is 5.32 Å². The average Bonchev–Trinajstić information content (AvgIpc) is 2.46. The van der Waals surface area contributed by atoms with E-state index < -0.39 is 11.4 Å². The fraction of sp³-hybridized carbons (Fsp3) is 0.857. The second-order valence-electron chi connectivity index (χ2n) is 5.19. The van der Waals surface area contributed by atoms with Crippen molar-refractivity contribution < 1.29 is 19.4 Å². The first kappa shape index (κ1) is 17.3. The minimum absolute atomic E-state index is 0.0545. The first-order valence-electron chi connectivity index (χ1n) is 7.26. The van der Waals surface area contributed by atoms with Gasteiger partial charge in [0.05, 0.1) is 5.41 Å². The molecule has 0 spiro atoms. The predicted octanol–water partition coefficient (Wildman–Crippen LogP) is 1.91. The standard InChI is InChI=1S/C14H25NO4S/c1-2-3-9-20-10-4-12(16)15-11-14(13(17)18)5-7-19-8-6-14/h2-11H2,1H3,(H,15,16)(H,17,18). The topological polar surface area (TPSA) is 75.6 Å². The Morgan fingerprint density at radius 2 is 2.00 bits per heavy atom. The van der Waals surface area contributed by atoms with Crippen LogP contribution in [0.1, 0.15) is 39.0 Å². The molecule has 1 amide bonds. The lowest BCUT2D eigenvalue weighted by Gasteiger charge is -2.33. The number of unbranched alkanes of at least 4 members (excludes halogenated alkanes) is 1. The molecule has 1 heterocycles. The number of carboxylic acid groups (broad SMARTS) is 1. The summed E-state index contributed by atoms with van der Waals surface area (Å²) in [4.78, 5) is 23.1. The van der Waals surface area contributed by atoms with Crippen molar-refractivity contribution in [3.63, 3.8) is 0 Å². The molecule has 1 aliphatic rings. The molecule has 0 atom stereocenters. The summed E-state index contributed by atoms with van der Waals surface area (Å²) in [5.74, 6) is 0.995. The Kier molecular flexibility index (Phi) is 7.99. The van der Waals surface area contributed by atoms with Crippen LogP contribution in [0.2, 0.25) is 0 Å². The highest BCUT2D eigenvalue weighted by Gasteiger charge is 2.40. The maximum atomic E-state index is 11.7. The molecule has 1 aliphatic heterocycles. The monoisotopic (exact) mass is 303 g/mol. The van der Waals surface area contributed by atoms with E-state index in [0.29, 0.717) is 32.5 Å². The van der Waals surface area contributed by atoms with Crippen LogP contribution < -0.4 is 5.32 Å². The van der Waals surface area contributed by atoms with Gasteiger partial charge in [-0.3, -0.25) is 9.59 Å². The number of aliphatic carboxylic acids is 1. The van der Waals surface area contributed by atoms with Gasteiger partial charge in [0.15, 0.2) is 0 Å². The molecule has 0 aromatic carbocycles. The quantitative estimate of drug-likeness (QED) is 0.636. The van der Waals surface area contributed by atoms with E-state index in [1.54, 1.807) is 11.8 Å². The molecular weight excluding hydrogens is 278 g/mol. The molecule has 1 saturated heterocycles. The van der Waals surface area contributed by atoms with Gasteiger partial charge in [0.1, 0.15) is 0 Å². The normalized spacial score (nSPS) is 17.6. The number of hydrogen-bond donors (Lipinski definition) is 2. The Hall–Kier alpha value is -0.750. The second-order valence-corrected chi connectivity index (χ2v) is 6.42. The zero-order valence-electron chi connectivity index (χ0n) is 12.2. The summed E-state index contributed by atoms with van der Waals surface area (Å²) in [6, 6.07) is 0. The van der Waals surface area contributed by atoms with Crippen molar-refractivity contribution in [1.29, 1.82) is 0 Å². The number of carbonyl (C=O) groups excluding carboxylic acids is 1. The third-order valence-electron chi connectivity index (χ3n) is 3.64. The van der Waals surface area contributed by atoms with Crippen molar-refractivity contribution in [2.75, 3.05) is 31.3 Å². The molecule has 1 fully saturated rings. The molecule has 0 saturated carbocycles. The fourth-order valence-electron chi connectivity index (χ4n) is 2.10.